The number of sulfone groups is 1. The van der Waals surface area contributed by atoms with E-state index in [2.05, 4.69) is 10.4 Å². The van der Waals surface area contributed by atoms with Crippen molar-refractivity contribution in [2.45, 2.75) is 4.90 Å². The summed E-state index contributed by atoms with van der Waals surface area (Å²) in [6.07, 6.45) is 1.18. The molecule has 0 amide bonds. The maximum absolute atomic E-state index is 11.3. The van der Waals surface area contributed by atoms with Gasteiger partial charge in [0.15, 0.2) is 15.7 Å². The molecule has 0 saturated carbocycles. The Kier molecular flexibility index (Phi) is 3.14. The number of anilines is 1. The first-order valence-corrected chi connectivity index (χ1v) is 7.50. The summed E-state index contributed by atoms with van der Waals surface area (Å²) in [7, 11) is -3.15. The van der Waals surface area contributed by atoms with Crippen LogP contribution in [-0.4, -0.2) is 19.7 Å². The van der Waals surface area contributed by atoms with E-state index in [0.29, 0.717) is 10.7 Å². The molecule has 0 aliphatic carbocycles. The van der Waals surface area contributed by atoms with E-state index in [1.54, 1.807) is 29.6 Å². The third-order valence-corrected chi connectivity index (χ3v) is 4.20. The lowest BCUT2D eigenvalue weighted by Gasteiger charge is -1.99. The minimum Gasteiger partial charge on any atom is -0.308 e. The van der Waals surface area contributed by atoms with Gasteiger partial charge in [-0.1, -0.05) is 12.1 Å². The number of hydrazine groups is 1. The van der Waals surface area contributed by atoms with E-state index < -0.39 is 9.84 Å². The second-order valence-electron chi connectivity index (χ2n) is 3.48. The average Bonchev–Trinajstić information content (AvgIpc) is 2.76. The van der Waals surface area contributed by atoms with Gasteiger partial charge in [0, 0.05) is 17.2 Å². The SMILES string of the molecule is CS(=O)(=O)c1ccc(-c2nc(NN)cs2)cc1. The van der Waals surface area contributed by atoms with Gasteiger partial charge in [-0.05, 0) is 12.1 Å². The molecule has 3 N–H and O–H groups in total. The Morgan fingerprint density at radius 2 is 1.94 bits per heavy atom. The average molecular weight is 269 g/mol. The fraction of sp³-hybridized carbons (Fsp3) is 0.100. The molecule has 90 valence electrons. The molecule has 1 heterocycles. The Bertz CT molecular complexity index is 617. The minimum atomic E-state index is -3.15. The number of rotatable bonds is 3. The lowest BCUT2D eigenvalue weighted by Crippen LogP contribution is -2.06. The molecule has 0 radical (unpaired) electrons. The number of benzene rings is 1. The predicted octanol–water partition coefficient (Wildman–Crippen LogP) is 1.50. The first-order chi connectivity index (χ1) is 8.00. The fourth-order valence-electron chi connectivity index (χ4n) is 1.32. The normalized spacial score (nSPS) is 11.4. The van der Waals surface area contributed by atoms with Crippen molar-refractivity contribution in [2.75, 3.05) is 11.7 Å². The van der Waals surface area contributed by atoms with Crippen LogP contribution in [0.25, 0.3) is 10.6 Å². The van der Waals surface area contributed by atoms with E-state index in [0.717, 1.165) is 10.6 Å². The lowest BCUT2D eigenvalue weighted by atomic mass is 10.2. The van der Waals surface area contributed by atoms with Crippen LogP contribution < -0.4 is 11.3 Å². The molecule has 0 bridgehead atoms. The Hall–Kier alpha value is -1.44. The van der Waals surface area contributed by atoms with Gasteiger partial charge in [0.25, 0.3) is 0 Å². The van der Waals surface area contributed by atoms with Crippen LogP contribution in [-0.2, 0) is 9.84 Å². The number of thiazole rings is 1. The van der Waals surface area contributed by atoms with Crippen LogP contribution in [0.4, 0.5) is 5.82 Å². The van der Waals surface area contributed by atoms with Crippen molar-refractivity contribution in [3.05, 3.63) is 29.6 Å². The molecule has 17 heavy (non-hydrogen) atoms. The maximum atomic E-state index is 11.3. The van der Waals surface area contributed by atoms with Crippen molar-refractivity contribution in [2.24, 2.45) is 5.84 Å². The molecule has 7 heteroatoms. The molecule has 0 unspecified atom stereocenters. The third kappa shape index (κ3) is 2.63. The summed E-state index contributed by atoms with van der Waals surface area (Å²) in [5.41, 5.74) is 3.32. The summed E-state index contributed by atoms with van der Waals surface area (Å²) < 4.78 is 22.6. The zero-order valence-electron chi connectivity index (χ0n) is 9.04. The molecular weight excluding hydrogens is 258 g/mol. The van der Waals surface area contributed by atoms with Crippen molar-refractivity contribution in [1.82, 2.24) is 4.98 Å². The molecule has 0 fully saturated rings. The molecule has 2 aromatic rings. The second-order valence-corrected chi connectivity index (χ2v) is 6.35. The maximum Gasteiger partial charge on any atom is 0.175 e. The van der Waals surface area contributed by atoms with Gasteiger partial charge in [-0.2, -0.15) is 0 Å². The lowest BCUT2D eigenvalue weighted by molar-refractivity contribution is 0.602. The molecule has 0 spiro atoms. The van der Waals surface area contributed by atoms with Crippen LogP contribution in [0.15, 0.2) is 34.5 Å². The van der Waals surface area contributed by atoms with Gasteiger partial charge in [-0.3, -0.25) is 0 Å². The highest BCUT2D eigenvalue weighted by Crippen LogP contribution is 2.26. The molecule has 0 atom stereocenters. The largest absolute Gasteiger partial charge is 0.308 e. The summed E-state index contributed by atoms with van der Waals surface area (Å²) >= 11 is 1.44. The fourth-order valence-corrected chi connectivity index (χ4v) is 2.72. The van der Waals surface area contributed by atoms with E-state index >= 15 is 0 Å². The topological polar surface area (TPSA) is 85.1 Å². The minimum absolute atomic E-state index is 0.301. The Morgan fingerprint density at radius 1 is 1.29 bits per heavy atom. The zero-order chi connectivity index (χ0) is 12.5. The van der Waals surface area contributed by atoms with E-state index in [-0.39, 0.29) is 0 Å². The van der Waals surface area contributed by atoms with E-state index in [1.807, 2.05) is 0 Å². The van der Waals surface area contributed by atoms with E-state index in [9.17, 15) is 8.42 Å². The molecule has 5 nitrogen and oxygen atoms in total. The summed E-state index contributed by atoms with van der Waals surface area (Å²) in [5.74, 6) is 5.83. The van der Waals surface area contributed by atoms with Crippen LogP contribution in [0.2, 0.25) is 0 Å². The third-order valence-electron chi connectivity index (χ3n) is 2.18. The number of nitrogen functional groups attached to an aromatic ring is 1. The molecule has 0 aliphatic heterocycles. The Balaban J connectivity index is 2.35. The first-order valence-electron chi connectivity index (χ1n) is 4.73. The smallest absolute Gasteiger partial charge is 0.175 e. The van der Waals surface area contributed by atoms with Gasteiger partial charge in [0.1, 0.15) is 5.01 Å². The number of nitrogens with zero attached hydrogens (tertiary/aromatic N) is 1. The van der Waals surface area contributed by atoms with Gasteiger partial charge in [0.2, 0.25) is 0 Å². The van der Waals surface area contributed by atoms with Gasteiger partial charge in [-0.25, -0.2) is 19.2 Å². The van der Waals surface area contributed by atoms with Crippen molar-refractivity contribution in [1.29, 1.82) is 0 Å². The predicted molar refractivity (Wildman–Crippen MR) is 68.5 cm³/mol. The molecule has 2 rings (SSSR count). The summed E-state index contributed by atoms with van der Waals surface area (Å²) in [6.45, 7) is 0. The van der Waals surface area contributed by atoms with Gasteiger partial charge >= 0.3 is 0 Å². The van der Waals surface area contributed by atoms with Crippen molar-refractivity contribution < 1.29 is 8.42 Å². The van der Waals surface area contributed by atoms with Crippen LogP contribution in [0.3, 0.4) is 0 Å². The quantitative estimate of drug-likeness (QED) is 0.651. The highest BCUT2D eigenvalue weighted by Gasteiger charge is 2.08. The Morgan fingerprint density at radius 3 is 2.41 bits per heavy atom. The number of nitrogens with one attached hydrogen (secondary N) is 1. The summed E-state index contributed by atoms with van der Waals surface area (Å²) in [5, 5.41) is 2.58. The standard InChI is InChI=1S/C10H11N3O2S2/c1-17(14,15)8-4-2-7(3-5-8)10-12-9(13-11)6-16-10/h2-6,13H,11H2,1H3. The number of aromatic nitrogens is 1. The van der Waals surface area contributed by atoms with Crippen LogP contribution in [0, 0.1) is 0 Å². The number of nitrogens with two attached hydrogens (primary N) is 1. The van der Waals surface area contributed by atoms with Gasteiger partial charge < -0.3 is 5.43 Å². The highest BCUT2D eigenvalue weighted by atomic mass is 32.2. The molecule has 0 saturated heterocycles. The number of hydrogen-bond donors (Lipinski definition) is 2. The summed E-state index contributed by atoms with van der Waals surface area (Å²) in [4.78, 5) is 4.52. The second kappa shape index (κ2) is 4.44. The van der Waals surface area contributed by atoms with Crippen LogP contribution in [0.5, 0.6) is 0 Å². The number of hydrogen-bond acceptors (Lipinski definition) is 6. The molecule has 1 aromatic carbocycles. The summed E-state index contributed by atoms with van der Waals surface area (Å²) in [6, 6.07) is 6.61. The Labute approximate surface area is 103 Å². The highest BCUT2D eigenvalue weighted by molar-refractivity contribution is 7.90. The molecule has 0 aliphatic rings. The van der Waals surface area contributed by atoms with Crippen molar-refractivity contribution in [3.63, 3.8) is 0 Å². The van der Waals surface area contributed by atoms with Gasteiger partial charge in [0.05, 0.1) is 4.90 Å². The monoisotopic (exact) mass is 269 g/mol. The van der Waals surface area contributed by atoms with Crippen molar-refractivity contribution in [3.8, 4) is 10.6 Å². The van der Waals surface area contributed by atoms with Crippen LogP contribution >= 0.6 is 11.3 Å². The van der Waals surface area contributed by atoms with Crippen LogP contribution in [0.1, 0.15) is 0 Å². The molecule has 1 aromatic heterocycles. The molecular formula is C10H11N3O2S2. The van der Waals surface area contributed by atoms with E-state index in [1.165, 1.54) is 17.6 Å². The van der Waals surface area contributed by atoms with E-state index in [4.69, 9.17) is 5.84 Å². The van der Waals surface area contributed by atoms with Crippen molar-refractivity contribution >= 4 is 27.0 Å². The van der Waals surface area contributed by atoms with Gasteiger partial charge in [-0.15, -0.1) is 11.3 Å². The zero-order valence-corrected chi connectivity index (χ0v) is 10.7. The first kappa shape index (κ1) is 12.0.